The third-order valence-electron chi connectivity index (χ3n) is 2.75. The van der Waals surface area contributed by atoms with Gasteiger partial charge in [0.05, 0.1) is 23.9 Å². The second-order valence-electron chi connectivity index (χ2n) is 4.16. The van der Waals surface area contributed by atoms with Gasteiger partial charge in [0.15, 0.2) is 0 Å². The van der Waals surface area contributed by atoms with Crippen LogP contribution >= 0.6 is 22.7 Å². The molecule has 0 radical (unpaired) electrons. The first-order valence-electron chi connectivity index (χ1n) is 6.28. The molecule has 6 heteroatoms. The number of thiophene rings is 1. The Morgan fingerprint density at radius 3 is 3.00 bits per heavy atom. The molecule has 0 aliphatic heterocycles. The van der Waals surface area contributed by atoms with Gasteiger partial charge in [-0.1, -0.05) is 18.2 Å². The summed E-state index contributed by atoms with van der Waals surface area (Å²) in [6.07, 6.45) is 1.74. The maximum absolute atomic E-state index is 5.17. The van der Waals surface area contributed by atoms with Gasteiger partial charge in [-0.25, -0.2) is 4.98 Å². The van der Waals surface area contributed by atoms with Crippen molar-refractivity contribution < 1.29 is 4.74 Å². The van der Waals surface area contributed by atoms with E-state index in [2.05, 4.69) is 21.6 Å². The third-order valence-corrected chi connectivity index (χ3v) is 4.38. The number of hydrogen-bond donors (Lipinski definition) is 1. The van der Waals surface area contributed by atoms with Crippen molar-refractivity contribution in [2.75, 3.05) is 12.5 Å². The topological polar surface area (TPSA) is 46.5 Å². The first-order chi connectivity index (χ1) is 10.3. The number of rotatable bonds is 5. The van der Waals surface area contributed by atoms with E-state index in [9.17, 15) is 0 Å². The van der Waals surface area contributed by atoms with Crippen LogP contribution in [0.15, 0.2) is 52.3 Å². The molecule has 2 aromatic heterocycles. The Morgan fingerprint density at radius 1 is 1.24 bits per heavy atom. The molecular formula is C15H13N3OS2. The first kappa shape index (κ1) is 13.8. The lowest BCUT2D eigenvalue weighted by Crippen LogP contribution is -1.91. The van der Waals surface area contributed by atoms with Crippen LogP contribution in [0, 0.1) is 0 Å². The lowest BCUT2D eigenvalue weighted by Gasteiger charge is -1.99. The van der Waals surface area contributed by atoms with Crippen LogP contribution in [0.2, 0.25) is 0 Å². The molecular weight excluding hydrogens is 302 g/mol. The summed E-state index contributed by atoms with van der Waals surface area (Å²) in [5.41, 5.74) is 4.90. The predicted octanol–water partition coefficient (Wildman–Crippen LogP) is 4.33. The minimum Gasteiger partial charge on any atom is -0.497 e. The molecule has 0 saturated heterocycles. The summed E-state index contributed by atoms with van der Waals surface area (Å²) in [4.78, 5) is 5.66. The molecule has 0 atom stereocenters. The highest BCUT2D eigenvalue weighted by Gasteiger charge is 2.04. The number of hydrogen-bond acceptors (Lipinski definition) is 6. The average Bonchev–Trinajstić information content (AvgIpc) is 3.18. The van der Waals surface area contributed by atoms with E-state index in [1.54, 1.807) is 24.7 Å². The quantitative estimate of drug-likeness (QED) is 0.563. The molecule has 0 fully saturated rings. The summed E-state index contributed by atoms with van der Waals surface area (Å²) in [7, 11) is 1.65. The zero-order valence-electron chi connectivity index (χ0n) is 11.3. The van der Waals surface area contributed by atoms with Gasteiger partial charge in [-0.15, -0.1) is 22.7 Å². The number of nitrogens with zero attached hydrogens (tertiary/aromatic N) is 2. The fourth-order valence-electron chi connectivity index (χ4n) is 1.75. The molecule has 3 rings (SSSR count). The van der Waals surface area contributed by atoms with Crippen molar-refractivity contribution in [3.05, 3.63) is 52.7 Å². The maximum Gasteiger partial charge on any atom is 0.203 e. The van der Waals surface area contributed by atoms with Crippen LogP contribution in [-0.4, -0.2) is 18.3 Å². The van der Waals surface area contributed by atoms with Crippen LogP contribution in [-0.2, 0) is 0 Å². The Balaban J connectivity index is 1.66. The van der Waals surface area contributed by atoms with Gasteiger partial charge in [0, 0.05) is 5.38 Å². The summed E-state index contributed by atoms with van der Waals surface area (Å²) in [5, 5.41) is 9.05. The highest BCUT2D eigenvalue weighted by atomic mass is 32.1. The summed E-state index contributed by atoms with van der Waals surface area (Å²) in [5.74, 6) is 0.813. The molecule has 0 spiro atoms. The molecule has 2 heterocycles. The minimum absolute atomic E-state index is 0.776. The number of thiazole rings is 1. The molecule has 106 valence electrons. The Bertz CT molecular complexity index is 735. The van der Waals surface area contributed by atoms with Gasteiger partial charge in [0.25, 0.3) is 0 Å². The minimum atomic E-state index is 0.776. The first-order valence-corrected chi connectivity index (χ1v) is 8.03. The number of methoxy groups -OCH3 is 1. The van der Waals surface area contributed by atoms with Crippen molar-refractivity contribution in [2.45, 2.75) is 0 Å². The zero-order chi connectivity index (χ0) is 14.5. The number of hydrazone groups is 1. The van der Waals surface area contributed by atoms with Crippen molar-refractivity contribution in [2.24, 2.45) is 5.10 Å². The SMILES string of the molecule is COc1cccc(/C=N\Nc2nc(-c3cccs3)cs2)c1. The monoisotopic (exact) mass is 315 g/mol. The molecule has 0 aliphatic rings. The largest absolute Gasteiger partial charge is 0.497 e. The fraction of sp³-hybridized carbons (Fsp3) is 0.0667. The molecule has 0 amide bonds. The van der Waals surface area contributed by atoms with Gasteiger partial charge in [0.1, 0.15) is 5.75 Å². The van der Waals surface area contributed by atoms with E-state index in [4.69, 9.17) is 4.74 Å². The van der Waals surface area contributed by atoms with Crippen molar-refractivity contribution in [3.63, 3.8) is 0 Å². The fourth-order valence-corrected chi connectivity index (χ4v) is 3.17. The molecule has 4 nitrogen and oxygen atoms in total. The molecule has 1 aromatic carbocycles. The summed E-state index contributed by atoms with van der Waals surface area (Å²) < 4.78 is 5.17. The molecule has 3 aromatic rings. The van der Waals surface area contributed by atoms with E-state index in [1.165, 1.54) is 11.3 Å². The number of benzene rings is 1. The molecule has 0 bridgehead atoms. The summed E-state index contributed by atoms with van der Waals surface area (Å²) in [6.45, 7) is 0. The van der Waals surface area contributed by atoms with Crippen LogP contribution in [0.25, 0.3) is 10.6 Å². The normalized spacial score (nSPS) is 10.9. The number of aromatic nitrogens is 1. The van der Waals surface area contributed by atoms with Gasteiger partial charge < -0.3 is 4.74 Å². The van der Waals surface area contributed by atoms with Crippen LogP contribution in [0.4, 0.5) is 5.13 Å². The lowest BCUT2D eigenvalue weighted by atomic mass is 10.2. The Morgan fingerprint density at radius 2 is 2.19 bits per heavy atom. The number of nitrogens with one attached hydrogen (secondary N) is 1. The van der Waals surface area contributed by atoms with Crippen LogP contribution in [0.1, 0.15) is 5.56 Å². The standard InChI is InChI=1S/C15H13N3OS2/c1-19-12-5-2-4-11(8-12)9-16-18-15-17-13(10-21-15)14-6-3-7-20-14/h2-10H,1H3,(H,17,18)/b16-9-. The maximum atomic E-state index is 5.17. The second-order valence-corrected chi connectivity index (χ2v) is 5.97. The Hall–Kier alpha value is -2.18. The average molecular weight is 315 g/mol. The third kappa shape index (κ3) is 3.48. The number of anilines is 1. The van der Waals surface area contributed by atoms with E-state index >= 15 is 0 Å². The van der Waals surface area contributed by atoms with Gasteiger partial charge >= 0.3 is 0 Å². The molecule has 0 unspecified atom stereocenters. The van der Waals surface area contributed by atoms with E-state index in [1.807, 2.05) is 41.1 Å². The molecule has 0 saturated carbocycles. The van der Waals surface area contributed by atoms with Crippen molar-refractivity contribution >= 4 is 34.0 Å². The van der Waals surface area contributed by atoms with E-state index in [0.29, 0.717) is 0 Å². The van der Waals surface area contributed by atoms with Gasteiger partial charge in [0.2, 0.25) is 5.13 Å². The lowest BCUT2D eigenvalue weighted by molar-refractivity contribution is 0.415. The van der Waals surface area contributed by atoms with Crippen molar-refractivity contribution in [1.29, 1.82) is 0 Å². The highest BCUT2D eigenvalue weighted by molar-refractivity contribution is 7.15. The van der Waals surface area contributed by atoms with Gasteiger partial charge in [-0.3, -0.25) is 5.43 Å². The Kier molecular flexibility index (Phi) is 4.28. The van der Waals surface area contributed by atoms with E-state index < -0.39 is 0 Å². The van der Waals surface area contributed by atoms with E-state index in [0.717, 1.165) is 27.0 Å². The van der Waals surface area contributed by atoms with Crippen LogP contribution in [0.3, 0.4) is 0 Å². The Labute approximate surface area is 130 Å². The van der Waals surface area contributed by atoms with Crippen molar-refractivity contribution in [1.82, 2.24) is 4.98 Å². The van der Waals surface area contributed by atoms with Crippen LogP contribution < -0.4 is 10.2 Å². The predicted molar refractivity (Wildman–Crippen MR) is 89.6 cm³/mol. The summed E-state index contributed by atoms with van der Waals surface area (Å²) in [6, 6.07) is 11.8. The highest BCUT2D eigenvalue weighted by Crippen LogP contribution is 2.28. The zero-order valence-corrected chi connectivity index (χ0v) is 12.9. The van der Waals surface area contributed by atoms with Crippen molar-refractivity contribution in [3.8, 4) is 16.3 Å². The summed E-state index contributed by atoms with van der Waals surface area (Å²) >= 11 is 3.21. The molecule has 0 aliphatic carbocycles. The second kappa shape index (κ2) is 6.51. The molecule has 21 heavy (non-hydrogen) atoms. The number of ether oxygens (including phenoxy) is 1. The molecule has 1 N–H and O–H groups in total. The van der Waals surface area contributed by atoms with Gasteiger partial charge in [-0.05, 0) is 29.1 Å². The van der Waals surface area contributed by atoms with Crippen LogP contribution in [0.5, 0.6) is 5.75 Å². The van der Waals surface area contributed by atoms with E-state index in [-0.39, 0.29) is 0 Å². The smallest absolute Gasteiger partial charge is 0.203 e. The van der Waals surface area contributed by atoms with Gasteiger partial charge in [-0.2, -0.15) is 5.10 Å².